The van der Waals surface area contributed by atoms with E-state index in [9.17, 15) is 0 Å². The summed E-state index contributed by atoms with van der Waals surface area (Å²) >= 11 is 0. The van der Waals surface area contributed by atoms with Gasteiger partial charge in [-0.05, 0) is 0 Å². The second-order valence-corrected chi connectivity index (χ2v) is 0. The zero-order valence-corrected chi connectivity index (χ0v) is 28.8. The van der Waals surface area contributed by atoms with Crippen molar-refractivity contribution in [3.63, 3.8) is 0 Å². The van der Waals surface area contributed by atoms with Gasteiger partial charge in [0.15, 0.2) is 0 Å². The Hall–Kier alpha value is -2.61. The molecule has 0 amide bonds. The first-order valence-electron chi connectivity index (χ1n) is 2.68. The molecule has 0 saturated carbocycles. The van der Waals surface area contributed by atoms with Crippen LogP contribution < -0.4 is 0 Å². The molecule has 0 aliphatic heterocycles. The zero-order chi connectivity index (χ0) is 24.0. The SMILES string of the molecule is [C-]#N.[C-]#N.[C-]#N.[C-]#N.[C-]#N.[C-]#N.[C-]#N.[C-]#N.[C-]#N.[C-]#N.[C-]#N.[C-]#N.[Co].[Co].[Zn].[Zn].[Zn].[Zn]. The van der Waals surface area contributed by atoms with Crippen molar-refractivity contribution in [2.24, 2.45) is 0 Å². The largest absolute Gasteiger partial charge is 0.512 e. The Morgan fingerprint density at radius 3 is 0.167 bits per heavy atom. The Balaban J connectivity index is -0.00000000321. The molecule has 0 N–H and O–H groups in total. The number of hydrogen-bond acceptors (Lipinski definition) is 12. The molecular weight excluding hydrogens is 692 g/mol. The van der Waals surface area contributed by atoms with E-state index in [1.54, 1.807) is 0 Å². The van der Waals surface area contributed by atoms with Gasteiger partial charge in [-0.2, -0.15) is 0 Å². The van der Waals surface area contributed by atoms with Crippen LogP contribution in [0, 0.1) is 142 Å². The first-order chi connectivity index (χ1) is 12.0. The van der Waals surface area contributed by atoms with Crippen molar-refractivity contribution in [3.8, 4) is 0 Å². The molecule has 30 heavy (non-hydrogen) atoms. The molecule has 0 rings (SSSR count). The summed E-state index contributed by atoms with van der Waals surface area (Å²) < 4.78 is 0. The van der Waals surface area contributed by atoms with Gasteiger partial charge in [0.05, 0.1) is 0 Å². The Bertz CT molecular complexity index is 237. The van der Waals surface area contributed by atoms with Crippen LogP contribution >= 0.6 is 0 Å². The van der Waals surface area contributed by atoms with Gasteiger partial charge in [-0.25, -0.2) is 0 Å². The zero-order valence-electron chi connectivity index (χ0n) is 14.9. The summed E-state index contributed by atoms with van der Waals surface area (Å²) in [6.45, 7) is 57.0. The summed E-state index contributed by atoms with van der Waals surface area (Å²) in [5, 5.41) is 75.0. The van der Waals surface area contributed by atoms with Crippen LogP contribution in [0.2, 0.25) is 0 Å². The van der Waals surface area contributed by atoms with E-state index in [2.05, 4.69) is 0 Å². The number of nitrogens with zero attached hydrogens (tertiary/aromatic N) is 12. The van der Waals surface area contributed by atoms with Gasteiger partial charge in [0.25, 0.3) is 0 Å². The average molecular weight is 692 g/mol. The Kier molecular flexibility index (Phi) is 18000. The average Bonchev–Trinajstić information content (AvgIpc) is 2.84. The summed E-state index contributed by atoms with van der Waals surface area (Å²) in [5.41, 5.74) is 0. The van der Waals surface area contributed by atoms with Gasteiger partial charge < -0.3 is 142 Å². The molecule has 0 aliphatic carbocycles. The smallest absolute Gasteiger partial charge is 0 e. The van der Waals surface area contributed by atoms with Gasteiger partial charge in [0.2, 0.25) is 0 Å². The monoisotopic (exact) mass is 686 g/mol. The van der Waals surface area contributed by atoms with E-state index < -0.39 is 0 Å². The van der Waals surface area contributed by atoms with Crippen LogP contribution in [0.25, 0.3) is 0 Å². The summed E-state index contributed by atoms with van der Waals surface area (Å²) in [4.78, 5) is 0. The fourth-order valence-corrected chi connectivity index (χ4v) is 0. The topological polar surface area (TPSA) is 285 Å². The molecule has 0 spiro atoms. The number of hydrogen-bond donors (Lipinski definition) is 0. The summed E-state index contributed by atoms with van der Waals surface area (Å²) in [6.07, 6.45) is 0. The van der Waals surface area contributed by atoms with Gasteiger partial charge in [0, 0.05) is 111 Å². The fourth-order valence-electron chi connectivity index (χ4n) is 0. The van der Waals surface area contributed by atoms with Crippen LogP contribution in [0.5, 0.6) is 0 Å². The van der Waals surface area contributed by atoms with E-state index >= 15 is 0 Å². The van der Waals surface area contributed by atoms with Crippen LogP contribution in [0.15, 0.2) is 0 Å². The molecule has 2 radical (unpaired) electrons. The second kappa shape index (κ2) is 2490. The van der Waals surface area contributed by atoms with Crippen molar-refractivity contribution in [1.29, 1.82) is 63.1 Å². The molecule has 0 aromatic rings. The molecule has 0 unspecified atom stereocenters. The van der Waals surface area contributed by atoms with Crippen molar-refractivity contribution in [1.82, 2.24) is 0 Å². The third kappa shape index (κ3) is 2210. The van der Waals surface area contributed by atoms with Crippen molar-refractivity contribution >= 4 is 0 Å². The molecular formula is C12Co2N12Zn4-12. The van der Waals surface area contributed by atoms with Crippen LogP contribution in [0.1, 0.15) is 0 Å². The van der Waals surface area contributed by atoms with Gasteiger partial charge >= 0.3 is 0 Å². The fraction of sp³-hybridized carbons (Fsp3) is 0. The third-order valence-electron chi connectivity index (χ3n) is 0. The molecule has 0 fully saturated rings. The Labute approximate surface area is 251 Å². The molecule has 0 bridgehead atoms. The first kappa shape index (κ1) is 216. The van der Waals surface area contributed by atoms with Gasteiger partial charge in [-0.15, -0.1) is 0 Å². The van der Waals surface area contributed by atoms with Crippen molar-refractivity contribution in [3.05, 3.63) is 78.9 Å². The minimum absolute atomic E-state index is 0. The molecule has 0 atom stereocenters. The summed E-state index contributed by atoms with van der Waals surface area (Å²) in [7, 11) is 0. The van der Waals surface area contributed by atoms with E-state index in [1.165, 1.54) is 0 Å². The summed E-state index contributed by atoms with van der Waals surface area (Å²) in [6, 6.07) is 0. The van der Waals surface area contributed by atoms with Gasteiger partial charge in [-0.1, -0.05) is 0 Å². The predicted molar refractivity (Wildman–Crippen MR) is 59.6 cm³/mol. The molecule has 18 heteroatoms. The van der Waals surface area contributed by atoms with E-state index in [1.807, 2.05) is 0 Å². The van der Waals surface area contributed by atoms with Gasteiger partial charge in [-0.3, -0.25) is 0 Å². The molecule has 0 aliphatic rings. The molecule has 146 valence electrons. The van der Waals surface area contributed by atoms with Crippen molar-refractivity contribution in [2.45, 2.75) is 0 Å². The molecule has 0 saturated heterocycles. The molecule has 12 nitrogen and oxygen atoms in total. The van der Waals surface area contributed by atoms with Crippen molar-refractivity contribution < 1.29 is 111 Å². The third-order valence-corrected chi connectivity index (χ3v) is 0. The van der Waals surface area contributed by atoms with Crippen LogP contribution in [0.3, 0.4) is 0 Å². The maximum absolute atomic E-state index is 6.25. The Morgan fingerprint density at radius 1 is 0.167 bits per heavy atom. The molecule has 0 aromatic carbocycles. The quantitative estimate of drug-likeness (QED) is 0.255. The standard InChI is InChI=1S/12CN.2Co.4Zn/c12*1-2;;;;;;/q12*-1;;;;;;. The van der Waals surface area contributed by atoms with E-state index in [0.717, 1.165) is 0 Å². The van der Waals surface area contributed by atoms with Gasteiger partial charge in [0.1, 0.15) is 0 Å². The first-order valence-corrected chi connectivity index (χ1v) is 2.68. The molecule has 0 aromatic heterocycles. The Morgan fingerprint density at radius 2 is 0.167 bits per heavy atom. The molecule has 0 heterocycles. The van der Waals surface area contributed by atoms with E-state index in [-0.39, 0.29) is 111 Å². The normalized spacial score (nSPS) is 0.800. The van der Waals surface area contributed by atoms with Crippen LogP contribution in [-0.4, -0.2) is 0 Å². The van der Waals surface area contributed by atoms with E-state index in [0.29, 0.717) is 0 Å². The van der Waals surface area contributed by atoms with Crippen molar-refractivity contribution in [2.75, 3.05) is 0 Å². The minimum atomic E-state index is 0. The van der Waals surface area contributed by atoms with E-state index in [4.69, 9.17) is 142 Å². The maximum Gasteiger partial charge on any atom is 0 e. The summed E-state index contributed by atoms with van der Waals surface area (Å²) in [5.74, 6) is 0. The minimum Gasteiger partial charge on any atom is -0.512 e. The predicted octanol–water partition coefficient (Wildman–Crippen LogP) is 1.14. The second-order valence-electron chi connectivity index (χ2n) is 0. The van der Waals surface area contributed by atoms with Crippen LogP contribution in [-0.2, 0) is 111 Å². The van der Waals surface area contributed by atoms with Crippen LogP contribution in [0.4, 0.5) is 0 Å². The maximum atomic E-state index is 6.25. The number of rotatable bonds is 0.